The van der Waals surface area contributed by atoms with Gasteiger partial charge in [-0.25, -0.2) is 0 Å². The van der Waals surface area contributed by atoms with E-state index in [0.717, 1.165) is 25.2 Å². The van der Waals surface area contributed by atoms with Gasteiger partial charge in [-0.2, -0.15) is 0 Å². The van der Waals surface area contributed by atoms with Crippen LogP contribution in [0.2, 0.25) is 0 Å². The van der Waals surface area contributed by atoms with Gasteiger partial charge in [-0.15, -0.1) is 0 Å². The van der Waals surface area contributed by atoms with Gasteiger partial charge in [0.25, 0.3) is 5.91 Å². The molecule has 0 saturated carbocycles. The standard InChI is InChI=1S/C12H17N3O/c1-13-12(16)9-3-2-4-10(7-9)15-11-5-6-14-8-11/h2-4,7,11,14-15H,5-6,8H2,1H3,(H,13,16). The van der Waals surface area contributed by atoms with Gasteiger partial charge in [0.1, 0.15) is 0 Å². The minimum atomic E-state index is -0.0480. The fourth-order valence-corrected chi connectivity index (χ4v) is 1.91. The van der Waals surface area contributed by atoms with E-state index >= 15 is 0 Å². The van der Waals surface area contributed by atoms with Crippen molar-refractivity contribution in [3.63, 3.8) is 0 Å². The number of anilines is 1. The van der Waals surface area contributed by atoms with Crippen LogP contribution >= 0.6 is 0 Å². The summed E-state index contributed by atoms with van der Waals surface area (Å²) in [5.41, 5.74) is 1.70. The molecular formula is C12H17N3O. The van der Waals surface area contributed by atoms with Gasteiger partial charge in [-0.1, -0.05) is 6.07 Å². The van der Waals surface area contributed by atoms with Crippen molar-refractivity contribution in [2.24, 2.45) is 0 Å². The number of amides is 1. The van der Waals surface area contributed by atoms with Crippen molar-refractivity contribution in [3.8, 4) is 0 Å². The third-order valence-electron chi connectivity index (χ3n) is 2.78. The second-order valence-corrected chi connectivity index (χ2v) is 3.99. The van der Waals surface area contributed by atoms with Gasteiger partial charge < -0.3 is 16.0 Å². The van der Waals surface area contributed by atoms with Gasteiger partial charge in [-0.05, 0) is 31.2 Å². The van der Waals surface area contributed by atoms with Gasteiger partial charge in [0.15, 0.2) is 0 Å². The molecule has 16 heavy (non-hydrogen) atoms. The maximum Gasteiger partial charge on any atom is 0.251 e. The van der Waals surface area contributed by atoms with Crippen LogP contribution in [0.1, 0.15) is 16.8 Å². The van der Waals surface area contributed by atoms with E-state index in [9.17, 15) is 4.79 Å². The molecule has 0 radical (unpaired) electrons. The Kier molecular flexibility index (Phi) is 3.41. The number of hydrogen-bond donors (Lipinski definition) is 3. The van der Waals surface area contributed by atoms with Gasteiger partial charge >= 0.3 is 0 Å². The predicted molar refractivity (Wildman–Crippen MR) is 64.7 cm³/mol. The number of carbonyl (C=O) groups excluding carboxylic acids is 1. The summed E-state index contributed by atoms with van der Waals surface area (Å²) >= 11 is 0. The van der Waals surface area contributed by atoms with Gasteiger partial charge in [0, 0.05) is 30.9 Å². The Morgan fingerprint density at radius 3 is 3.06 bits per heavy atom. The largest absolute Gasteiger partial charge is 0.381 e. The molecule has 0 spiro atoms. The fourth-order valence-electron chi connectivity index (χ4n) is 1.91. The molecule has 86 valence electrons. The normalized spacial score (nSPS) is 19.4. The molecule has 1 heterocycles. The summed E-state index contributed by atoms with van der Waals surface area (Å²) in [6.45, 7) is 2.05. The highest BCUT2D eigenvalue weighted by Gasteiger charge is 2.14. The minimum Gasteiger partial charge on any atom is -0.381 e. The summed E-state index contributed by atoms with van der Waals surface area (Å²) < 4.78 is 0. The van der Waals surface area contributed by atoms with E-state index in [-0.39, 0.29) is 5.91 Å². The Labute approximate surface area is 95.4 Å². The molecule has 0 aromatic heterocycles. The fraction of sp³-hybridized carbons (Fsp3) is 0.417. The molecule has 1 aromatic rings. The first-order valence-corrected chi connectivity index (χ1v) is 5.59. The van der Waals surface area contributed by atoms with E-state index in [4.69, 9.17) is 0 Å². The van der Waals surface area contributed by atoms with Crippen LogP contribution in [-0.2, 0) is 0 Å². The van der Waals surface area contributed by atoms with E-state index in [1.807, 2.05) is 24.3 Å². The molecule has 2 rings (SSSR count). The van der Waals surface area contributed by atoms with Gasteiger partial charge in [0.2, 0.25) is 0 Å². The molecule has 0 aliphatic carbocycles. The highest BCUT2D eigenvalue weighted by molar-refractivity contribution is 5.94. The van der Waals surface area contributed by atoms with Gasteiger partial charge in [-0.3, -0.25) is 4.79 Å². The van der Waals surface area contributed by atoms with E-state index in [1.165, 1.54) is 0 Å². The van der Waals surface area contributed by atoms with E-state index in [0.29, 0.717) is 11.6 Å². The van der Waals surface area contributed by atoms with Crippen LogP contribution < -0.4 is 16.0 Å². The zero-order chi connectivity index (χ0) is 11.4. The summed E-state index contributed by atoms with van der Waals surface area (Å²) in [6, 6.07) is 8.06. The molecule has 1 atom stereocenters. The average molecular weight is 219 g/mol. The molecule has 1 saturated heterocycles. The van der Waals surface area contributed by atoms with Crippen molar-refractivity contribution in [2.75, 3.05) is 25.5 Å². The molecule has 1 aliphatic heterocycles. The Balaban J connectivity index is 2.06. The topological polar surface area (TPSA) is 53.2 Å². The summed E-state index contributed by atoms with van der Waals surface area (Å²) in [5, 5.41) is 9.34. The maximum atomic E-state index is 11.5. The van der Waals surface area contributed by atoms with Crippen molar-refractivity contribution < 1.29 is 4.79 Å². The third kappa shape index (κ3) is 2.52. The number of hydrogen-bond acceptors (Lipinski definition) is 3. The van der Waals surface area contributed by atoms with E-state index in [1.54, 1.807) is 7.05 Å². The second-order valence-electron chi connectivity index (χ2n) is 3.99. The van der Waals surface area contributed by atoms with Crippen molar-refractivity contribution in [3.05, 3.63) is 29.8 Å². The van der Waals surface area contributed by atoms with Crippen LogP contribution in [0.4, 0.5) is 5.69 Å². The zero-order valence-electron chi connectivity index (χ0n) is 9.42. The summed E-state index contributed by atoms with van der Waals surface area (Å²) in [7, 11) is 1.64. The Morgan fingerprint density at radius 1 is 1.50 bits per heavy atom. The number of carbonyl (C=O) groups is 1. The second kappa shape index (κ2) is 4.99. The van der Waals surface area contributed by atoms with Crippen LogP contribution in [0, 0.1) is 0 Å². The third-order valence-corrected chi connectivity index (χ3v) is 2.78. The van der Waals surface area contributed by atoms with E-state index in [2.05, 4.69) is 16.0 Å². The van der Waals surface area contributed by atoms with E-state index < -0.39 is 0 Å². The first kappa shape index (κ1) is 11.0. The lowest BCUT2D eigenvalue weighted by Gasteiger charge is -2.13. The molecule has 1 fully saturated rings. The first-order chi connectivity index (χ1) is 7.79. The molecule has 1 aliphatic rings. The zero-order valence-corrected chi connectivity index (χ0v) is 9.42. The maximum absolute atomic E-state index is 11.5. The lowest BCUT2D eigenvalue weighted by Crippen LogP contribution is -2.22. The first-order valence-electron chi connectivity index (χ1n) is 5.59. The molecule has 4 nitrogen and oxygen atoms in total. The van der Waals surface area contributed by atoms with Crippen molar-refractivity contribution in [1.82, 2.24) is 10.6 Å². The number of benzene rings is 1. The molecule has 3 N–H and O–H groups in total. The lowest BCUT2D eigenvalue weighted by molar-refractivity contribution is 0.0963. The lowest BCUT2D eigenvalue weighted by atomic mass is 10.1. The SMILES string of the molecule is CNC(=O)c1cccc(NC2CCNC2)c1. The number of rotatable bonds is 3. The Bertz CT molecular complexity index is 372. The summed E-state index contributed by atoms with van der Waals surface area (Å²) in [6.07, 6.45) is 1.13. The summed E-state index contributed by atoms with van der Waals surface area (Å²) in [4.78, 5) is 11.5. The predicted octanol–water partition coefficient (Wildman–Crippen LogP) is 0.820. The number of nitrogens with one attached hydrogen (secondary N) is 3. The van der Waals surface area contributed by atoms with Crippen LogP contribution in [0.15, 0.2) is 24.3 Å². The minimum absolute atomic E-state index is 0.0480. The Hall–Kier alpha value is -1.55. The van der Waals surface area contributed by atoms with Crippen molar-refractivity contribution in [2.45, 2.75) is 12.5 Å². The van der Waals surface area contributed by atoms with Crippen molar-refractivity contribution in [1.29, 1.82) is 0 Å². The quantitative estimate of drug-likeness (QED) is 0.705. The van der Waals surface area contributed by atoms with Crippen LogP contribution in [0.25, 0.3) is 0 Å². The van der Waals surface area contributed by atoms with Crippen molar-refractivity contribution >= 4 is 11.6 Å². The van der Waals surface area contributed by atoms with Crippen LogP contribution in [0.5, 0.6) is 0 Å². The molecule has 1 aromatic carbocycles. The Morgan fingerprint density at radius 2 is 2.38 bits per heavy atom. The monoisotopic (exact) mass is 219 g/mol. The smallest absolute Gasteiger partial charge is 0.251 e. The average Bonchev–Trinajstić information content (AvgIpc) is 2.81. The molecule has 1 amide bonds. The van der Waals surface area contributed by atoms with Crippen LogP contribution in [-0.4, -0.2) is 32.1 Å². The van der Waals surface area contributed by atoms with Gasteiger partial charge in [0.05, 0.1) is 0 Å². The molecular weight excluding hydrogens is 202 g/mol. The summed E-state index contributed by atoms with van der Waals surface area (Å²) in [5.74, 6) is -0.0480. The highest BCUT2D eigenvalue weighted by Crippen LogP contribution is 2.13. The molecule has 4 heteroatoms. The molecule has 0 bridgehead atoms. The highest BCUT2D eigenvalue weighted by atomic mass is 16.1. The molecule has 1 unspecified atom stereocenters. The van der Waals surface area contributed by atoms with Crippen LogP contribution in [0.3, 0.4) is 0 Å².